The summed E-state index contributed by atoms with van der Waals surface area (Å²) in [6.45, 7) is 2.80. The van der Waals surface area contributed by atoms with Crippen molar-refractivity contribution in [1.82, 2.24) is 10.2 Å². The second-order valence-electron chi connectivity index (χ2n) is 5.06. The lowest BCUT2D eigenvalue weighted by Crippen LogP contribution is -2.55. The Balaban J connectivity index is 2.35. The zero-order valence-corrected chi connectivity index (χ0v) is 11.5. The molecule has 0 radical (unpaired) electrons. The Morgan fingerprint density at radius 1 is 1.43 bits per heavy atom. The second kappa shape index (κ2) is 6.03. The molecule has 1 aromatic rings. The van der Waals surface area contributed by atoms with Crippen LogP contribution >= 0.6 is 0 Å². The van der Waals surface area contributed by atoms with Crippen molar-refractivity contribution < 1.29 is 23.1 Å². The molecule has 1 aliphatic heterocycles. The summed E-state index contributed by atoms with van der Waals surface area (Å²) in [6, 6.07) is 3.88. The fraction of sp³-hybridized carbons (Fsp3) is 0.500. The molecule has 7 heteroatoms. The van der Waals surface area contributed by atoms with E-state index in [9.17, 15) is 23.1 Å². The van der Waals surface area contributed by atoms with E-state index in [0.29, 0.717) is 13.1 Å². The number of nitrogens with one attached hydrogen (secondary N) is 1. The Labute approximate surface area is 120 Å². The van der Waals surface area contributed by atoms with Crippen molar-refractivity contribution in [3.63, 3.8) is 0 Å². The smallest absolute Gasteiger partial charge is 0.416 e. The minimum atomic E-state index is -4.45. The van der Waals surface area contributed by atoms with Crippen LogP contribution in [0.3, 0.4) is 0 Å². The molecule has 2 rings (SSSR count). The molecule has 0 bridgehead atoms. The number of carboxylic acid groups (broad SMARTS) is 1. The molecule has 1 fully saturated rings. The maximum absolute atomic E-state index is 13.1. The highest BCUT2D eigenvalue weighted by atomic mass is 19.4. The average Bonchev–Trinajstić information content (AvgIpc) is 2.45. The Morgan fingerprint density at radius 2 is 2.10 bits per heavy atom. The summed E-state index contributed by atoms with van der Waals surface area (Å²) in [5.41, 5.74) is -0.599. The molecule has 1 saturated heterocycles. The van der Waals surface area contributed by atoms with Crippen molar-refractivity contribution in [3.05, 3.63) is 35.4 Å². The highest BCUT2D eigenvalue weighted by molar-refractivity contribution is 5.74. The number of aliphatic carboxylic acids is 1. The van der Waals surface area contributed by atoms with Crippen molar-refractivity contribution in [2.75, 3.05) is 19.6 Å². The number of hydrogen-bond acceptors (Lipinski definition) is 3. The van der Waals surface area contributed by atoms with Crippen LogP contribution in [0.25, 0.3) is 0 Å². The van der Waals surface area contributed by atoms with Crippen molar-refractivity contribution in [2.45, 2.75) is 25.2 Å². The maximum Gasteiger partial charge on any atom is 0.416 e. The standard InChI is InChI=1S/C14H17F3N2O2/c1-9(19-7-6-18-8-12(19)13(20)21)10-4-2-3-5-11(10)14(15,16)17/h2-5,9,12,18H,6-8H2,1H3,(H,20,21). The first-order valence-electron chi connectivity index (χ1n) is 6.67. The van der Waals surface area contributed by atoms with Gasteiger partial charge in [0.2, 0.25) is 0 Å². The van der Waals surface area contributed by atoms with Crippen LogP contribution in [0.1, 0.15) is 24.1 Å². The average molecular weight is 302 g/mol. The minimum absolute atomic E-state index is 0.109. The van der Waals surface area contributed by atoms with Crippen LogP contribution in [0.15, 0.2) is 24.3 Å². The van der Waals surface area contributed by atoms with Gasteiger partial charge in [0, 0.05) is 25.7 Å². The van der Waals surface area contributed by atoms with Crippen LogP contribution in [0.2, 0.25) is 0 Å². The lowest BCUT2D eigenvalue weighted by molar-refractivity contribution is -0.145. The molecule has 0 spiro atoms. The number of nitrogens with zero attached hydrogens (tertiary/aromatic N) is 1. The summed E-state index contributed by atoms with van der Waals surface area (Å²) in [5.74, 6) is -1.03. The summed E-state index contributed by atoms with van der Waals surface area (Å²) in [7, 11) is 0. The van der Waals surface area contributed by atoms with E-state index in [0.717, 1.165) is 6.07 Å². The van der Waals surface area contributed by atoms with Gasteiger partial charge >= 0.3 is 12.1 Å². The molecule has 2 N–H and O–H groups in total. The predicted octanol–water partition coefficient (Wildman–Crippen LogP) is 2.12. The SMILES string of the molecule is CC(c1ccccc1C(F)(F)F)N1CCNCC1C(=O)O. The van der Waals surface area contributed by atoms with Gasteiger partial charge < -0.3 is 10.4 Å². The van der Waals surface area contributed by atoms with Crippen LogP contribution < -0.4 is 5.32 Å². The van der Waals surface area contributed by atoms with Gasteiger partial charge in [-0.05, 0) is 18.6 Å². The third kappa shape index (κ3) is 3.36. The van der Waals surface area contributed by atoms with Crippen LogP contribution in [-0.4, -0.2) is 41.7 Å². The molecule has 0 aromatic heterocycles. The molecular formula is C14H17F3N2O2. The number of carboxylic acids is 1. The number of hydrogen-bond donors (Lipinski definition) is 2. The van der Waals surface area contributed by atoms with Gasteiger partial charge in [0.1, 0.15) is 6.04 Å². The minimum Gasteiger partial charge on any atom is -0.480 e. The third-order valence-electron chi connectivity index (χ3n) is 3.78. The Hall–Kier alpha value is -1.60. The molecule has 1 aromatic carbocycles. The lowest BCUT2D eigenvalue weighted by atomic mass is 9.97. The summed E-state index contributed by atoms with van der Waals surface area (Å²) in [5, 5.41) is 12.2. The molecule has 0 aliphatic carbocycles. The molecule has 116 valence electrons. The summed E-state index contributed by atoms with van der Waals surface area (Å²) >= 11 is 0. The first-order valence-corrected chi connectivity index (χ1v) is 6.67. The first kappa shape index (κ1) is 15.8. The number of alkyl halides is 3. The number of benzene rings is 1. The summed E-state index contributed by atoms with van der Waals surface area (Å²) < 4.78 is 39.3. The molecule has 4 nitrogen and oxygen atoms in total. The van der Waals surface area contributed by atoms with E-state index in [1.54, 1.807) is 17.9 Å². The number of rotatable bonds is 3. The molecule has 2 unspecified atom stereocenters. The van der Waals surface area contributed by atoms with Gasteiger partial charge in [0.15, 0.2) is 0 Å². The zero-order valence-electron chi connectivity index (χ0n) is 11.5. The molecule has 0 amide bonds. The summed E-state index contributed by atoms with van der Waals surface area (Å²) in [4.78, 5) is 12.9. The van der Waals surface area contributed by atoms with E-state index in [4.69, 9.17) is 0 Å². The van der Waals surface area contributed by atoms with E-state index in [1.807, 2.05) is 0 Å². The Bertz CT molecular complexity index is 519. The lowest BCUT2D eigenvalue weighted by Gasteiger charge is -2.38. The van der Waals surface area contributed by atoms with E-state index in [-0.39, 0.29) is 12.1 Å². The Kier molecular flexibility index (Phi) is 4.53. The van der Waals surface area contributed by atoms with Crippen LogP contribution in [0.5, 0.6) is 0 Å². The second-order valence-corrected chi connectivity index (χ2v) is 5.06. The highest BCUT2D eigenvalue weighted by Crippen LogP contribution is 2.36. The van der Waals surface area contributed by atoms with Crippen molar-refractivity contribution >= 4 is 5.97 Å². The van der Waals surface area contributed by atoms with Crippen LogP contribution in [0.4, 0.5) is 13.2 Å². The molecule has 2 atom stereocenters. The Morgan fingerprint density at radius 3 is 2.71 bits per heavy atom. The van der Waals surface area contributed by atoms with Gasteiger partial charge in [-0.2, -0.15) is 13.2 Å². The predicted molar refractivity (Wildman–Crippen MR) is 70.9 cm³/mol. The van der Waals surface area contributed by atoms with Crippen LogP contribution in [-0.2, 0) is 11.0 Å². The highest BCUT2D eigenvalue weighted by Gasteiger charge is 2.38. The number of halogens is 3. The fourth-order valence-corrected chi connectivity index (χ4v) is 2.71. The van der Waals surface area contributed by atoms with E-state index >= 15 is 0 Å². The van der Waals surface area contributed by atoms with Crippen molar-refractivity contribution in [3.8, 4) is 0 Å². The number of carbonyl (C=O) groups is 1. The topological polar surface area (TPSA) is 52.6 Å². The van der Waals surface area contributed by atoms with E-state index in [2.05, 4.69) is 5.32 Å². The van der Waals surface area contributed by atoms with Crippen molar-refractivity contribution in [2.24, 2.45) is 0 Å². The van der Waals surface area contributed by atoms with Gasteiger partial charge in [-0.3, -0.25) is 9.69 Å². The van der Waals surface area contributed by atoms with Gasteiger partial charge in [0.25, 0.3) is 0 Å². The van der Waals surface area contributed by atoms with Crippen LogP contribution in [0, 0.1) is 0 Å². The maximum atomic E-state index is 13.1. The monoisotopic (exact) mass is 302 g/mol. The first-order chi connectivity index (χ1) is 9.82. The van der Waals surface area contributed by atoms with E-state index in [1.165, 1.54) is 12.1 Å². The van der Waals surface area contributed by atoms with Gasteiger partial charge in [-0.1, -0.05) is 18.2 Å². The fourth-order valence-electron chi connectivity index (χ4n) is 2.71. The van der Waals surface area contributed by atoms with Crippen molar-refractivity contribution in [1.29, 1.82) is 0 Å². The molecule has 21 heavy (non-hydrogen) atoms. The third-order valence-corrected chi connectivity index (χ3v) is 3.78. The molecule has 1 aliphatic rings. The zero-order chi connectivity index (χ0) is 15.6. The number of piperazine rings is 1. The molecule has 0 saturated carbocycles. The molecule has 1 heterocycles. The normalized spacial score (nSPS) is 22.0. The van der Waals surface area contributed by atoms with E-state index < -0.39 is 29.8 Å². The molecular weight excluding hydrogens is 285 g/mol. The van der Waals surface area contributed by atoms with Gasteiger partial charge in [-0.25, -0.2) is 0 Å². The van der Waals surface area contributed by atoms with Gasteiger partial charge in [-0.15, -0.1) is 0 Å². The van der Waals surface area contributed by atoms with Gasteiger partial charge in [0.05, 0.1) is 5.56 Å². The largest absolute Gasteiger partial charge is 0.480 e. The quantitative estimate of drug-likeness (QED) is 0.898. The summed E-state index contributed by atoms with van der Waals surface area (Å²) in [6.07, 6.45) is -4.45.